The van der Waals surface area contributed by atoms with E-state index < -0.39 is 0 Å². The molecule has 3 rings (SSSR count). The lowest BCUT2D eigenvalue weighted by Gasteiger charge is -2.38. The number of hydrogen-bond donors (Lipinski definition) is 0. The lowest BCUT2D eigenvalue weighted by molar-refractivity contribution is 0.0873. The molecule has 3 fully saturated rings. The Labute approximate surface area is 164 Å². The van der Waals surface area contributed by atoms with E-state index in [-0.39, 0.29) is 0 Å². The van der Waals surface area contributed by atoms with Crippen LogP contribution >= 0.6 is 0 Å². The van der Waals surface area contributed by atoms with Gasteiger partial charge in [-0.25, -0.2) is 0 Å². The second kappa shape index (κ2) is 9.92. The molecule has 0 radical (unpaired) electrons. The van der Waals surface area contributed by atoms with Crippen molar-refractivity contribution in [2.75, 3.05) is 26.7 Å². The summed E-state index contributed by atoms with van der Waals surface area (Å²) in [5.74, 6) is 3.88. The van der Waals surface area contributed by atoms with Crippen LogP contribution in [0.3, 0.4) is 0 Å². The van der Waals surface area contributed by atoms with E-state index in [2.05, 4.69) is 37.6 Å². The van der Waals surface area contributed by atoms with E-state index in [9.17, 15) is 0 Å². The van der Waals surface area contributed by atoms with E-state index >= 15 is 0 Å². The van der Waals surface area contributed by atoms with Crippen LogP contribution in [0.2, 0.25) is 0 Å². The summed E-state index contributed by atoms with van der Waals surface area (Å²) in [7, 11) is 2.34. The number of unbranched alkanes of at least 4 members (excludes halogenated alkanes) is 3. The first-order valence-electron chi connectivity index (χ1n) is 12.0. The van der Waals surface area contributed by atoms with Gasteiger partial charge in [-0.1, -0.05) is 59.3 Å². The van der Waals surface area contributed by atoms with E-state index in [1.54, 1.807) is 0 Å². The standard InChI is InChI=1S/C24H46N2/c1-19-10-11-20(2)16-22(15-19)21(3)9-7-5-6-8-14-26-17-23-12-13-24(18-26)25(23)4/h19-24H,5-18H2,1-4H3. The van der Waals surface area contributed by atoms with Gasteiger partial charge in [0, 0.05) is 25.2 Å². The Hall–Kier alpha value is -0.0800. The number of likely N-dealkylation sites (tertiary alicyclic amines) is 1. The van der Waals surface area contributed by atoms with Gasteiger partial charge in [-0.15, -0.1) is 0 Å². The lowest BCUT2D eigenvalue weighted by atomic mass is 9.80. The number of fused-ring (bicyclic) bond motifs is 2. The van der Waals surface area contributed by atoms with Crippen molar-refractivity contribution >= 4 is 0 Å². The van der Waals surface area contributed by atoms with Gasteiger partial charge in [-0.05, 0) is 69.4 Å². The number of hydrogen-bond acceptors (Lipinski definition) is 2. The van der Waals surface area contributed by atoms with E-state index in [1.807, 2.05) is 0 Å². The average Bonchev–Trinajstić information content (AvgIpc) is 2.80. The summed E-state index contributed by atoms with van der Waals surface area (Å²) in [5, 5.41) is 0. The molecule has 2 heteroatoms. The fourth-order valence-corrected chi connectivity index (χ4v) is 6.17. The van der Waals surface area contributed by atoms with Gasteiger partial charge >= 0.3 is 0 Å². The molecule has 1 aliphatic carbocycles. The molecule has 2 heterocycles. The van der Waals surface area contributed by atoms with Crippen LogP contribution in [0.15, 0.2) is 0 Å². The van der Waals surface area contributed by atoms with Crippen LogP contribution in [0.25, 0.3) is 0 Å². The van der Waals surface area contributed by atoms with Gasteiger partial charge < -0.3 is 4.90 Å². The van der Waals surface area contributed by atoms with E-state index in [0.29, 0.717) is 0 Å². The third kappa shape index (κ3) is 5.71. The molecule has 2 nitrogen and oxygen atoms in total. The van der Waals surface area contributed by atoms with E-state index in [4.69, 9.17) is 0 Å². The molecular formula is C24H46N2. The normalized spacial score (nSPS) is 37.6. The van der Waals surface area contributed by atoms with E-state index in [1.165, 1.54) is 90.3 Å². The largest absolute Gasteiger partial charge is 0.300 e. The maximum atomic E-state index is 2.76. The Morgan fingerprint density at radius 2 is 1.38 bits per heavy atom. The number of nitrogens with zero attached hydrogens (tertiary/aromatic N) is 2. The monoisotopic (exact) mass is 362 g/mol. The lowest BCUT2D eigenvalue weighted by Crippen LogP contribution is -2.51. The molecular weight excluding hydrogens is 316 g/mol. The molecule has 152 valence electrons. The highest BCUT2D eigenvalue weighted by molar-refractivity contribution is 4.93. The van der Waals surface area contributed by atoms with Crippen LogP contribution < -0.4 is 0 Å². The minimum atomic E-state index is 0.860. The second-order valence-electron chi connectivity index (χ2n) is 10.5. The number of likely N-dealkylation sites (N-methyl/N-ethyl adjacent to an activating group) is 1. The SMILES string of the molecule is CC1CCC(C)CC(C(C)CCCCCCN2CC3CCC(C2)N3C)C1. The first-order chi connectivity index (χ1) is 12.5. The van der Waals surface area contributed by atoms with Crippen molar-refractivity contribution in [3.63, 3.8) is 0 Å². The fraction of sp³-hybridized carbons (Fsp3) is 1.00. The predicted octanol–water partition coefficient (Wildman–Crippen LogP) is 5.81. The first-order valence-corrected chi connectivity index (χ1v) is 12.0. The molecule has 0 amide bonds. The third-order valence-electron chi connectivity index (χ3n) is 8.17. The summed E-state index contributed by atoms with van der Waals surface area (Å²) in [6, 6.07) is 1.72. The Kier molecular flexibility index (Phi) is 7.88. The zero-order chi connectivity index (χ0) is 18.5. The smallest absolute Gasteiger partial charge is 0.0224 e. The Balaban J connectivity index is 1.25. The van der Waals surface area contributed by atoms with Crippen molar-refractivity contribution in [2.45, 2.75) is 103 Å². The molecule has 5 atom stereocenters. The summed E-state index contributed by atoms with van der Waals surface area (Å²) < 4.78 is 0. The zero-order valence-corrected chi connectivity index (χ0v) is 18.3. The number of piperazine rings is 1. The third-order valence-corrected chi connectivity index (χ3v) is 8.17. The predicted molar refractivity (Wildman–Crippen MR) is 114 cm³/mol. The van der Waals surface area contributed by atoms with Gasteiger partial charge in [0.25, 0.3) is 0 Å². The summed E-state index contributed by atoms with van der Waals surface area (Å²) in [6.07, 6.45) is 16.1. The molecule has 2 bridgehead atoms. The van der Waals surface area contributed by atoms with Gasteiger partial charge in [0.05, 0.1) is 0 Å². The summed E-state index contributed by atoms with van der Waals surface area (Å²) in [4.78, 5) is 5.41. The van der Waals surface area contributed by atoms with Crippen molar-refractivity contribution in [2.24, 2.45) is 23.7 Å². The quantitative estimate of drug-likeness (QED) is 0.397. The van der Waals surface area contributed by atoms with E-state index in [0.717, 1.165) is 35.8 Å². The van der Waals surface area contributed by atoms with Crippen LogP contribution in [-0.2, 0) is 0 Å². The second-order valence-corrected chi connectivity index (χ2v) is 10.5. The van der Waals surface area contributed by atoms with Crippen molar-refractivity contribution in [1.29, 1.82) is 0 Å². The average molecular weight is 363 g/mol. The topological polar surface area (TPSA) is 6.48 Å². The van der Waals surface area contributed by atoms with Crippen LogP contribution in [0.5, 0.6) is 0 Å². The molecule has 2 saturated heterocycles. The van der Waals surface area contributed by atoms with Crippen LogP contribution in [-0.4, -0.2) is 48.6 Å². The Morgan fingerprint density at radius 1 is 0.808 bits per heavy atom. The fourth-order valence-electron chi connectivity index (χ4n) is 6.17. The van der Waals surface area contributed by atoms with Crippen LogP contribution in [0, 0.1) is 23.7 Å². The molecule has 0 aromatic rings. The zero-order valence-electron chi connectivity index (χ0n) is 18.3. The number of rotatable bonds is 8. The Bertz CT molecular complexity index is 383. The summed E-state index contributed by atoms with van der Waals surface area (Å²) in [5.41, 5.74) is 0. The highest BCUT2D eigenvalue weighted by Crippen LogP contribution is 2.37. The van der Waals surface area contributed by atoms with Gasteiger partial charge in [-0.2, -0.15) is 0 Å². The molecule has 0 aromatic heterocycles. The highest BCUT2D eigenvalue weighted by Gasteiger charge is 2.36. The molecule has 2 aliphatic heterocycles. The van der Waals surface area contributed by atoms with Crippen molar-refractivity contribution < 1.29 is 0 Å². The van der Waals surface area contributed by atoms with Gasteiger partial charge in [0.15, 0.2) is 0 Å². The van der Waals surface area contributed by atoms with Gasteiger partial charge in [0.2, 0.25) is 0 Å². The maximum Gasteiger partial charge on any atom is 0.0224 e. The van der Waals surface area contributed by atoms with Crippen LogP contribution in [0.1, 0.15) is 91.4 Å². The maximum absolute atomic E-state index is 2.76. The van der Waals surface area contributed by atoms with Crippen molar-refractivity contribution in [3.05, 3.63) is 0 Å². The molecule has 0 aromatic carbocycles. The van der Waals surface area contributed by atoms with Crippen molar-refractivity contribution in [1.82, 2.24) is 9.80 Å². The van der Waals surface area contributed by atoms with Crippen molar-refractivity contribution in [3.8, 4) is 0 Å². The van der Waals surface area contributed by atoms with Gasteiger partial charge in [0.1, 0.15) is 0 Å². The Morgan fingerprint density at radius 3 is 2.00 bits per heavy atom. The minimum absolute atomic E-state index is 0.860. The molecule has 3 aliphatic rings. The summed E-state index contributed by atoms with van der Waals surface area (Å²) in [6.45, 7) is 11.6. The summed E-state index contributed by atoms with van der Waals surface area (Å²) >= 11 is 0. The molecule has 0 spiro atoms. The highest BCUT2D eigenvalue weighted by atomic mass is 15.3. The molecule has 0 N–H and O–H groups in total. The minimum Gasteiger partial charge on any atom is -0.300 e. The molecule has 5 unspecified atom stereocenters. The van der Waals surface area contributed by atoms with Crippen LogP contribution in [0.4, 0.5) is 0 Å². The molecule has 1 saturated carbocycles. The first kappa shape index (κ1) is 20.6. The molecule has 26 heavy (non-hydrogen) atoms. The van der Waals surface area contributed by atoms with Gasteiger partial charge in [-0.3, -0.25) is 4.90 Å².